The Balaban J connectivity index is 3.20. The molecule has 4 nitrogen and oxygen atoms in total. The molecule has 13 heavy (non-hydrogen) atoms. The molecule has 0 aliphatic carbocycles. The summed E-state index contributed by atoms with van der Waals surface area (Å²) in [6, 6.07) is 5.01. The molecular formula is C9H10N4. The molecule has 0 aliphatic rings. The highest BCUT2D eigenvalue weighted by molar-refractivity contribution is 5.97. The zero-order valence-corrected chi connectivity index (χ0v) is 7.04. The highest BCUT2D eigenvalue weighted by Gasteiger charge is 2.01. The number of nitrogens with two attached hydrogens (primary N) is 1. The Bertz CT molecular complexity index is 368. The minimum Gasteiger partial charge on any atom is -0.398 e. The number of anilines is 1. The van der Waals surface area contributed by atoms with E-state index in [0.717, 1.165) is 5.56 Å². The molecule has 0 radical (unpaired) electrons. The number of rotatable bonds is 2. The van der Waals surface area contributed by atoms with E-state index < -0.39 is 0 Å². The van der Waals surface area contributed by atoms with Crippen LogP contribution >= 0.6 is 0 Å². The van der Waals surface area contributed by atoms with Crippen LogP contribution in [0, 0.1) is 10.9 Å². The van der Waals surface area contributed by atoms with Crippen molar-refractivity contribution in [2.75, 3.05) is 5.73 Å². The van der Waals surface area contributed by atoms with Crippen molar-refractivity contribution in [1.82, 2.24) is 0 Å². The van der Waals surface area contributed by atoms with E-state index >= 15 is 0 Å². The van der Waals surface area contributed by atoms with Crippen LogP contribution < -0.4 is 5.73 Å². The molecule has 0 saturated heterocycles. The molecule has 0 heterocycles. The number of nitrogen functional groups attached to an aromatic ring is 1. The Morgan fingerprint density at radius 2 is 2.23 bits per heavy atom. The first kappa shape index (κ1) is 9.12. The van der Waals surface area contributed by atoms with Crippen LogP contribution in [0.4, 0.5) is 5.69 Å². The first-order valence-electron chi connectivity index (χ1n) is 3.67. The predicted molar refractivity (Wildman–Crippen MR) is 52.9 cm³/mol. The minimum absolute atomic E-state index is 0.0805. The second-order valence-corrected chi connectivity index (χ2v) is 2.51. The van der Waals surface area contributed by atoms with Crippen LogP contribution in [0.5, 0.6) is 0 Å². The summed E-state index contributed by atoms with van der Waals surface area (Å²) in [6.45, 7) is 3.59. The normalized spacial score (nSPS) is 9.23. The molecule has 1 aromatic rings. The largest absolute Gasteiger partial charge is 0.398 e. The lowest BCUT2D eigenvalue weighted by molar-refractivity contribution is 1.16. The Kier molecular flexibility index (Phi) is 2.54. The smallest absolute Gasteiger partial charge is 0.173 e. The fraction of sp³-hybridized carbons (Fsp3) is 0. The fourth-order valence-electron chi connectivity index (χ4n) is 0.963. The van der Waals surface area contributed by atoms with E-state index in [2.05, 4.69) is 11.7 Å². The van der Waals surface area contributed by atoms with Gasteiger partial charge >= 0.3 is 0 Å². The van der Waals surface area contributed by atoms with Gasteiger partial charge in [-0.2, -0.15) is 0 Å². The van der Waals surface area contributed by atoms with Crippen LogP contribution in [-0.2, 0) is 0 Å². The van der Waals surface area contributed by atoms with E-state index in [0.29, 0.717) is 11.3 Å². The summed E-state index contributed by atoms with van der Waals surface area (Å²) in [7, 11) is 0. The molecule has 4 heteroatoms. The molecule has 0 aromatic heterocycles. The van der Waals surface area contributed by atoms with Gasteiger partial charge in [0, 0.05) is 11.3 Å². The van der Waals surface area contributed by atoms with Gasteiger partial charge < -0.3 is 5.73 Å². The van der Waals surface area contributed by atoms with Crippen molar-refractivity contribution in [2.24, 2.45) is 5.11 Å². The molecule has 0 atom stereocenters. The number of benzene rings is 1. The standard InChI is InChI=1S/C9H10N4/c1-2-6-5-7(9(11)13-12)3-4-8(6)10/h2-5,11-12H,1,10H2. The fourth-order valence-corrected chi connectivity index (χ4v) is 0.963. The molecule has 1 aromatic carbocycles. The Morgan fingerprint density at radius 3 is 2.77 bits per heavy atom. The van der Waals surface area contributed by atoms with Gasteiger partial charge in [0.2, 0.25) is 0 Å². The molecule has 0 saturated carbocycles. The lowest BCUT2D eigenvalue weighted by Crippen LogP contribution is -1.96. The lowest BCUT2D eigenvalue weighted by atomic mass is 10.1. The zero-order chi connectivity index (χ0) is 9.84. The molecule has 66 valence electrons. The van der Waals surface area contributed by atoms with Crippen LogP contribution in [0.1, 0.15) is 11.1 Å². The van der Waals surface area contributed by atoms with Gasteiger partial charge in [-0.05, 0) is 23.8 Å². The molecule has 0 aliphatic heterocycles. The maximum absolute atomic E-state index is 7.29. The van der Waals surface area contributed by atoms with Gasteiger partial charge in [0.25, 0.3) is 0 Å². The molecule has 0 bridgehead atoms. The molecule has 0 amide bonds. The van der Waals surface area contributed by atoms with Crippen molar-refractivity contribution >= 4 is 17.6 Å². The predicted octanol–water partition coefficient (Wildman–Crippen LogP) is 2.27. The van der Waals surface area contributed by atoms with Gasteiger partial charge in [-0.25, -0.2) is 5.53 Å². The van der Waals surface area contributed by atoms with Crippen molar-refractivity contribution in [3.05, 3.63) is 35.9 Å². The van der Waals surface area contributed by atoms with Gasteiger partial charge in [-0.3, -0.25) is 5.41 Å². The number of hydrogen-bond donors (Lipinski definition) is 3. The van der Waals surface area contributed by atoms with Gasteiger partial charge in [-0.1, -0.05) is 12.7 Å². The van der Waals surface area contributed by atoms with Gasteiger partial charge in [0.05, 0.1) is 0 Å². The van der Waals surface area contributed by atoms with Crippen molar-refractivity contribution in [2.45, 2.75) is 0 Å². The summed E-state index contributed by atoms with van der Waals surface area (Å²) in [4.78, 5) is 0. The van der Waals surface area contributed by atoms with Crippen LogP contribution in [0.3, 0.4) is 0 Å². The lowest BCUT2D eigenvalue weighted by Gasteiger charge is -2.02. The third kappa shape index (κ3) is 1.79. The van der Waals surface area contributed by atoms with E-state index in [9.17, 15) is 0 Å². The van der Waals surface area contributed by atoms with Crippen molar-refractivity contribution in [1.29, 1.82) is 10.9 Å². The number of amidine groups is 1. The van der Waals surface area contributed by atoms with E-state index in [1.165, 1.54) is 0 Å². The van der Waals surface area contributed by atoms with E-state index in [4.69, 9.17) is 16.7 Å². The molecule has 0 spiro atoms. The van der Waals surface area contributed by atoms with E-state index in [1.807, 2.05) is 0 Å². The number of nitrogens with one attached hydrogen (secondary N) is 2. The average Bonchev–Trinajstić information content (AvgIpc) is 2.17. The molecule has 0 fully saturated rings. The van der Waals surface area contributed by atoms with E-state index in [-0.39, 0.29) is 5.84 Å². The van der Waals surface area contributed by atoms with Crippen LogP contribution in [-0.4, -0.2) is 5.84 Å². The van der Waals surface area contributed by atoms with Crippen LogP contribution in [0.25, 0.3) is 6.08 Å². The van der Waals surface area contributed by atoms with Gasteiger partial charge in [0.15, 0.2) is 5.84 Å². The summed E-state index contributed by atoms with van der Waals surface area (Å²) < 4.78 is 0. The summed E-state index contributed by atoms with van der Waals surface area (Å²) in [5.41, 5.74) is 14.2. The Hall–Kier alpha value is -1.97. The summed E-state index contributed by atoms with van der Waals surface area (Å²) in [5.74, 6) is -0.0805. The first-order valence-corrected chi connectivity index (χ1v) is 3.67. The van der Waals surface area contributed by atoms with Crippen molar-refractivity contribution in [3.63, 3.8) is 0 Å². The average molecular weight is 174 g/mol. The molecular weight excluding hydrogens is 164 g/mol. The molecule has 4 N–H and O–H groups in total. The van der Waals surface area contributed by atoms with E-state index in [1.54, 1.807) is 24.3 Å². The SMILES string of the molecule is C=Cc1cc(C(=N)N=N)ccc1N. The zero-order valence-electron chi connectivity index (χ0n) is 7.04. The molecule has 0 unspecified atom stereocenters. The first-order chi connectivity index (χ1) is 6.19. The Labute approximate surface area is 76.1 Å². The van der Waals surface area contributed by atoms with Crippen molar-refractivity contribution < 1.29 is 0 Å². The third-order valence-corrected chi connectivity index (χ3v) is 1.69. The maximum atomic E-state index is 7.29. The second kappa shape index (κ2) is 3.62. The summed E-state index contributed by atoms with van der Waals surface area (Å²) in [6.07, 6.45) is 1.61. The third-order valence-electron chi connectivity index (χ3n) is 1.69. The highest BCUT2D eigenvalue weighted by atomic mass is 15.0. The quantitative estimate of drug-likeness (QED) is 0.273. The second-order valence-electron chi connectivity index (χ2n) is 2.51. The van der Waals surface area contributed by atoms with Crippen molar-refractivity contribution in [3.8, 4) is 0 Å². The summed E-state index contributed by atoms with van der Waals surface area (Å²) in [5, 5.41) is 10.3. The van der Waals surface area contributed by atoms with Gasteiger partial charge in [-0.15, -0.1) is 5.11 Å². The summed E-state index contributed by atoms with van der Waals surface area (Å²) >= 11 is 0. The monoisotopic (exact) mass is 174 g/mol. The maximum Gasteiger partial charge on any atom is 0.173 e. The van der Waals surface area contributed by atoms with Crippen LogP contribution in [0.2, 0.25) is 0 Å². The topological polar surface area (TPSA) is 86.1 Å². The highest BCUT2D eigenvalue weighted by Crippen LogP contribution is 2.15. The van der Waals surface area contributed by atoms with Gasteiger partial charge in [0.1, 0.15) is 0 Å². The number of hydrogen-bond acceptors (Lipinski definition) is 3. The van der Waals surface area contributed by atoms with Crippen LogP contribution in [0.15, 0.2) is 29.9 Å². The number of nitrogens with zero attached hydrogens (tertiary/aromatic N) is 1. The Morgan fingerprint density at radius 1 is 1.54 bits per heavy atom. The molecule has 1 rings (SSSR count). The minimum atomic E-state index is -0.0805.